The molecule has 0 nitrogen and oxygen atoms in total. The molecule has 0 saturated carbocycles. The number of halogens is 1. The van der Waals surface area contributed by atoms with Gasteiger partial charge in [0.1, 0.15) is 0 Å². The maximum atomic E-state index is 2.55. The first-order chi connectivity index (χ1) is 2.91. The van der Waals surface area contributed by atoms with Gasteiger partial charge in [-0.2, -0.15) is 0 Å². The summed E-state index contributed by atoms with van der Waals surface area (Å²) < 4.78 is 1.54. The van der Waals surface area contributed by atoms with Crippen LogP contribution in [0.15, 0.2) is 0 Å². The van der Waals surface area contributed by atoms with E-state index < -0.39 is 0 Å². The minimum Gasteiger partial charge on any atom is -0.301 e. The molecule has 0 aromatic carbocycles. The van der Waals surface area contributed by atoms with E-state index in [0.29, 0.717) is 16.5 Å². The number of rotatable bonds is 3. The molecule has 0 N–H and O–H groups in total. The summed E-state index contributed by atoms with van der Waals surface area (Å²) in [6.07, 6.45) is 2.85. The monoisotopic (exact) mass is 208 g/mol. The maximum absolute atomic E-state index is 2.55. The second kappa shape index (κ2) is 6.50. The highest BCUT2D eigenvalue weighted by Crippen LogP contribution is 1.95. The van der Waals surface area contributed by atoms with Crippen LogP contribution in [0.25, 0.3) is 0 Å². The molecular weight excluding hydrogens is 199 g/mol. The van der Waals surface area contributed by atoms with E-state index >= 15 is 0 Å². The summed E-state index contributed by atoms with van der Waals surface area (Å²) in [6.45, 7) is 2.25. The molecule has 0 heterocycles. The summed E-state index contributed by atoms with van der Waals surface area (Å²) in [5, 5.41) is 0. The number of hydrogen-bond acceptors (Lipinski definition) is 0. The second-order valence-corrected chi connectivity index (χ2v) is 5.72. The molecule has 0 aliphatic rings. The van der Waals surface area contributed by atoms with Gasteiger partial charge in [-0.25, -0.2) is 0 Å². The molecule has 0 unspecified atom stereocenters. The zero-order valence-corrected chi connectivity index (χ0v) is 7.78. The predicted molar refractivity (Wildman–Crippen MR) is 39.5 cm³/mol. The summed E-state index contributed by atoms with van der Waals surface area (Å²) in [7, 11) is 0. The van der Waals surface area contributed by atoms with Gasteiger partial charge in [-0.1, -0.05) is 19.8 Å². The average Bonchev–Trinajstić information content (AvgIpc) is 1.61. The van der Waals surface area contributed by atoms with Gasteiger partial charge < -0.3 is 18.9 Å². The number of unbranched alkanes of at least 4 members (excludes halogenated alkanes) is 1. The summed E-state index contributed by atoms with van der Waals surface area (Å²) in [6, 6.07) is 0. The third-order valence-electron chi connectivity index (χ3n) is 0.737. The van der Waals surface area contributed by atoms with Crippen molar-refractivity contribution >= 4 is 35.3 Å². The van der Waals surface area contributed by atoms with Gasteiger partial charge in [-0.3, -0.25) is 0 Å². The first-order valence-corrected chi connectivity index (χ1v) is 8.59. The highest BCUT2D eigenvalue weighted by Gasteiger charge is 1.83. The molecule has 0 aromatic heterocycles. The third-order valence-corrected chi connectivity index (χ3v) is 3.79. The van der Waals surface area contributed by atoms with Crippen LogP contribution in [0.1, 0.15) is 19.8 Å². The molecule has 0 atom stereocenters. The zero-order valence-electron chi connectivity index (χ0n) is 4.21. The first kappa shape index (κ1) is 7.50. The van der Waals surface area contributed by atoms with Crippen LogP contribution in [-0.2, 0) is 0 Å². The molecule has 0 spiro atoms. The van der Waals surface area contributed by atoms with E-state index in [9.17, 15) is 0 Å². The van der Waals surface area contributed by atoms with Crippen LogP contribution in [0.4, 0.5) is 0 Å². The SMILES string of the molecule is CCC[CH2][Mg][I]. The topological polar surface area (TPSA) is 0 Å². The molecule has 0 saturated heterocycles. The van der Waals surface area contributed by atoms with Crippen LogP contribution in [0.5, 0.6) is 0 Å². The molecule has 0 aliphatic heterocycles. The fraction of sp³-hybridized carbons (Fsp3) is 1.00. The molecule has 0 aromatic rings. The van der Waals surface area contributed by atoms with E-state index in [1.165, 1.54) is 17.4 Å². The Morgan fingerprint density at radius 3 is 2.50 bits per heavy atom. The van der Waals surface area contributed by atoms with Gasteiger partial charge in [-0.05, 0) is 0 Å². The summed E-state index contributed by atoms with van der Waals surface area (Å²) >= 11 is 2.92. The molecule has 34 valence electrons. The van der Waals surface area contributed by atoms with Crippen molar-refractivity contribution in [3.05, 3.63) is 0 Å². The highest BCUT2D eigenvalue weighted by atomic mass is 127. The minimum absolute atomic E-state index is 0.373. The predicted octanol–water partition coefficient (Wildman–Crippen LogP) is 2.26. The lowest BCUT2D eigenvalue weighted by molar-refractivity contribution is 0.883. The molecule has 0 aliphatic carbocycles. The Labute approximate surface area is 59.2 Å². The van der Waals surface area contributed by atoms with Gasteiger partial charge in [0, 0.05) is 0 Å². The van der Waals surface area contributed by atoms with E-state index in [4.69, 9.17) is 0 Å². The largest absolute Gasteiger partial charge is 0.463 e. The van der Waals surface area contributed by atoms with Crippen molar-refractivity contribution in [2.75, 3.05) is 0 Å². The van der Waals surface area contributed by atoms with Crippen molar-refractivity contribution in [1.29, 1.82) is 0 Å². The fourth-order valence-electron chi connectivity index (χ4n) is 0.344. The summed E-state index contributed by atoms with van der Waals surface area (Å²) in [5.74, 6) is 0. The smallest absolute Gasteiger partial charge is 0.301 e. The average molecular weight is 208 g/mol. The van der Waals surface area contributed by atoms with E-state index in [1.807, 2.05) is 0 Å². The van der Waals surface area contributed by atoms with Crippen LogP contribution in [0.2, 0.25) is 4.55 Å². The zero-order chi connectivity index (χ0) is 4.83. The molecular formula is C4H9IMg. The molecule has 2 heteroatoms. The molecule has 6 heavy (non-hydrogen) atoms. The van der Waals surface area contributed by atoms with Crippen LogP contribution < -0.4 is 0 Å². The standard InChI is InChI=1S/C4H9.HI.Mg/c1-3-4-2;;/h1,3-4H2,2H3;1H;/q;;+1/p-1. The van der Waals surface area contributed by atoms with Gasteiger partial charge in [0.2, 0.25) is 0 Å². The van der Waals surface area contributed by atoms with Gasteiger partial charge in [-0.15, -0.1) is 4.55 Å². The second-order valence-electron chi connectivity index (χ2n) is 1.40. The van der Waals surface area contributed by atoms with Crippen molar-refractivity contribution in [1.82, 2.24) is 0 Å². The first-order valence-electron chi connectivity index (χ1n) is 2.47. The maximum Gasteiger partial charge on any atom is 0.463 e. The van der Waals surface area contributed by atoms with Crippen molar-refractivity contribution in [3.8, 4) is 0 Å². The van der Waals surface area contributed by atoms with Gasteiger partial charge in [0.15, 0.2) is 0 Å². The Balaban J connectivity index is 2.34. The summed E-state index contributed by atoms with van der Waals surface area (Å²) in [4.78, 5) is 0. The Morgan fingerprint density at radius 1 is 1.67 bits per heavy atom. The van der Waals surface area contributed by atoms with Gasteiger partial charge in [0.25, 0.3) is 0 Å². The molecule has 0 amide bonds. The van der Waals surface area contributed by atoms with Crippen molar-refractivity contribution in [2.24, 2.45) is 0 Å². The Morgan fingerprint density at radius 2 is 2.33 bits per heavy atom. The van der Waals surface area contributed by atoms with E-state index in [2.05, 4.69) is 25.8 Å². The molecule has 0 fully saturated rings. The Hall–Kier alpha value is 1.50. The third kappa shape index (κ3) is 5.50. The van der Waals surface area contributed by atoms with E-state index in [0.717, 1.165) is 0 Å². The van der Waals surface area contributed by atoms with Crippen molar-refractivity contribution in [2.45, 2.75) is 24.3 Å². The van der Waals surface area contributed by atoms with E-state index in [-0.39, 0.29) is 0 Å². The van der Waals surface area contributed by atoms with Crippen molar-refractivity contribution in [3.63, 3.8) is 0 Å². The van der Waals surface area contributed by atoms with Gasteiger partial charge in [0.05, 0.1) is 0 Å². The lowest BCUT2D eigenvalue weighted by Gasteiger charge is -1.83. The normalized spacial score (nSPS) is 7.67. The molecule has 0 bridgehead atoms. The van der Waals surface area contributed by atoms with Crippen LogP contribution >= 0.6 is 18.9 Å². The molecule has 0 rings (SSSR count). The van der Waals surface area contributed by atoms with Crippen LogP contribution in [0, 0.1) is 0 Å². The summed E-state index contributed by atoms with van der Waals surface area (Å²) in [5.41, 5.74) is 0. The van der Waals surface area contributed by atoms with Crippen LogP contribution in [0.3, 0.4) is 0 Å². The minimum atomic E-state index is 0.373. The highest BCUT2D eigenvalue weighted by molar-refractivity contribution is 14.1. The van der Waals surface area contributed by atoms with Crippen molar-refractivity contribution < 1.29 is 0 Å². The fourth-order valence-corrected chi connectivity index (χ4v) is 2.65. The lowest BCUT2D eigenvalue weighted by atomic mass is 10.4. The van der Waals surface area contributed by atoms with Crippen LogP contribution in [-0.4, -0.2) is 16.5 Å². The lowest BCUT2D eigenvalue weighted by Crippen LogP contribution is -1.72. The Bertz CT molecular complexity index is 19.5. The molecule has 0 radical (unpaired) electrons. The van der Waals surface area contributed by atoms with E-state index in [1.54, 1.807) is 0 Å². The Kier molecular flexibility index (Phi) is 8.12. The van der Waals surface area contributed by atoms with Gasteiger partial charge >= 0.3 is 16.5 Å². The quantitative estimate of drug-likeness (QED) is 0.379. The number of hydrogen-bond donors (Lipinski definition) is 0.